The molecular weight excluding hydrogens is 218 g/mol. The Balaban J connectivity index is 2.87. The summed E-state index contributed by atoms with van der Waals surface area (Å²) in [6, 6.07) is 0. The highest BCUT2D eigenvalue weighted by Gasteiger charge is 2.46. The van der Waals surface area contributed by atoms with Crippen molar-refractivity contribution >= 4 is 11.9 Å². The van der Waals surface area contributed by atoms with E-state index in [1.807, 2.05) is 34.6 Å². The Kier molecular flexibility index (Phi) is 3.84. The molecule has 0 aromatic carbocycles. The molecule has 0 bridgehead atoms. The Labute approximate surface area is 103 Å². The molecule has 1 rings (SSSR count). The lowest BCUT2D eigenvalue weighted by atomic mass is 9.90. The summed E-state index contributed by atoms with van der Waals surface area (Å²) in [6.45, 7) is 9.72. The van der Waals surface area contributed by atoms with E-state index in [0.29, 0.717) is 6.42 Å². The maximum absolute atomic E-state index is 12.1. The number of Topliss-reactive ketones (excluding diaryl/α,β-unsaturated/α-hetero) is 1. The lowest BCUT2D eigenvalue weighted by Crippen LogP contribution is -2.48. The third kappa shape index (κ3) is 2.99. The second-order valence-corrected chi connectivity index (χ2v) is 5.71. The molecule has 0 spiro atoms. The average Bonchev–Trinajstić information content (AvgIpc) is 2.54. The standard InChI is InChI=1S/C13H23NO3/c1-6-13(7-2)8-10(15)9-14(13)11(16)17-12(3,4)5/h6-9H2,1-5H3. The lowest BCUT2D eigenvalue weighted by molar-refractivity contribution is -0.117. The van der Waals surface area contributed by atoms with E-state index < -0.39 is 5.60 Å². The van der Waals surface area contributed by atoms with Crippen LogP contribution in [0.25, 0.3) is 0 Å². The minimum Gasteiger partial charge on any atom is -0.444 e. The number of ketones is 1. The van der Waals surface area contributed by atoms with Crippen molar-refractivity contribution in [3.63, 3.8) is 0 Å². The van der Waals surface area contributed by atoms with Crippen molar-refractivity contribution in [3.8, 4) is 0 Å². The normalized spacial score (nSPS) is 19.6. The Morgan fingerprint density at radius 1 is 1.35 bits per heavy atom. The van der Waals surface area contributed by atoms with E-state index in [2.05, 4.69) is 0 Å². The van der Waals surface area contributed by atoms with Crippen molar-refractivity contribution in [3.05, 3.63) is 0 Å². The van der Waals surface area contributed by atoms with E-state index in [9.17, 15) is 9.59 Å². The summed E-state index contributed by atoms with van der Waals surface area (Å²) in [5, 5.41) is 0. The molecule has 0 radical (unpaired) electrons. The fourth-order valence-corrected chi connectivity index (χ4v) is 2.32. The summed E-state index contributed by atoms with van der Waals surface area (Å²) in [5.41, 5.74) is -0.852. The largest absolute Gasteiger partial charge is 0.444 e. The van der Waals surface area contributed by atoms with Gasteiger partial charge in [0.25, 0.3) is 0 Å². The zero-order valence-electron chi connectivity index (χ0n) is 11.5. The van der Waals surface area contributed by atoms with Crippen LogP contribution in [0.15, 0.2) is 0 Å². The van der Waals surface area contributed by atoms with Crippen LogP contribution < -0.4 is 0 Å². The minimum absolute atomic E-state index is 0.125. The van der Waals surface area contributed by atoms with Gasteiger partial charge in [0, 0.05) is 6.42 Å². The fourth-order valence-electron chi connectivity index (χ4n) is 2.32. The summed E-state index contributed by atoms with van der Waals surface area (Å²) in [6.07, 6.45) is 1.66. The maximum atomic E-state index is 12.1. The first kappa shape index (κ1) is 14.0. The zero-order valence-corrected chi connectivity index (χ0v) is 11.5. The van der Waals surface area contributed by atoms with Gasteiger partial charge < -0.3 is 4.74 Å². The number of likely N-dealkylation sites (tertiary alicyclic amines) is 1. The highest BCUT2D eigenvalue weighted by molar-refractivity contribution is 5.89. The van der Waals surface area contributed by atoms with Crippen LogP contribution in [0.4, 0.5) is 4.79 Å². The third-order valence-electron chi connectivity index (χ3n) is 3.36. The molecular formula is C13H23NO3. The second kappa shape index (κ2) is 4.67. The van der Waals surface area contributed by atoms with E-state index in [1.165, 1.54) is 0 Å². The summed E-state index contributed by atoms with van der Waals surface area (Å²) in [5.74, 6) is 0.125. The maximum Gasteiger partial charge on any atom is 0.411 e. The summed E-state index contributed by atoms with van der Waals surface area (Å²) in [7, 11) is 0. The smallest absolute Gasteiger partial charge is 0.411 e. The summed E-state index contributed by atoms with van der Waals surface area (Å²) < 4.78 is 5.36. The van der Waals surface area contributed by atoms with Crippen LogP contribution in [0.5, 0.6) is 0 Å². The Morgan fingerprint density at radius 2 is 1.88 bits per heavy atom. The van der Waals surface area contributed by atoms with E-state index >= 15 is 0 Å². The minimum atomic E-state index is -0.518. The SMILES string of the molecule is CCC1(CC)CC(=O)CN1C(=O)OC(C)(C)C. The fraction of sp³-hybridized carbons (Fsp3) is 0.846. The molecule has 1 fully saturated rings. The Hall–Kier alpha value is -1.06. The van der Waals surface area contributed by atoms with Gasteiger partial charge in [-0.25, -0.2) is 4.79 Å². The third-order valence-corrected chi connectivity index (χ3v) is 3.36. The van der Waals surface area contributed by atoms with Gasteiger partial charge in [-0.3, -0.25) is 9.69 Å². The highest BCUT2D eigenvalue weighted by Crippen LogP contribution is 2.34. The van der Waals surface area contributed by atoms with Crippen LogP contribution in [0, 0.1) is 0 Å². The van der Waals surface area contributed by atoms with E-state index in [1.54, 1.807) is 4.90 Å². The molecule has 0 N–H and O–H groups in total. The molecule has 0 aromatic heterocycles. The van der Waals surface area contributed by atoms with E-state index in [-0.39, 0.29) is 24.0 Å². The summed E-state index contributed by atoms with van der Waals surface area (Å²) >= 11 is 0. The van der Waals surface area contributed by atoms with E-state index in [0.717, 1.165) is 12.8 Å². The molecule has 0 aliphatic carbocycles. The van der Waals surface area contributed by atoms with Crippen LogP contribution in [-0.4, -0.2) is 34.5 Å². The number of hydrogen-bond acceptors (Lipinski definition) is 3. The van der Waals surface area contributed by atoms with Gasteiger partial charge in [0.05, 0.1) is 12.1 Å². The zero-order chi connectivity index (χ0) is 13.3. The van der Waals surface area contributed by atoms with Gasteiger partial charge in [-0.15, -0.1) is 0 Å². The van der Waals surface area contributed by atoms with Gasteiger partial charge in [0.15, 0.2) is 5.78 Å². The number of nitrogens with zero attached hydrogens (tertiary/aromatic N) is 1. The van der Waals surface area contributed by atoms with E-state index in [4.69, 9.17) is 4.74 Å². The van der Waals surface area contributed by atoms with Gasteiger partial charge in [-0.05, 0) is 33.6 Å². The number of carbonyl (C=O) groups excluding carboxylic acids is 2. The van der Waals surface area contributed by atoms with Gasteiger partial charge >= 0.3 is 6.09 Å². The molecule has 1 aliphatic heterocycles. The molecule has 1 heterocycles. The molecule has 98 valence electrons. The molecule has 0 atom stereocenters. The van der Waals surface area contributed by atoms with Crippen molar-refractivity contribution in [1.29, 1.82) is 0 Å². The first-order valence-corrected chi connectivity index (χ1v) is 6.26. The van der Waals surface area contributed by atoms with Crippen molar-refractivity contribution in [2.75, 3.05) is 6.54 Å². The van der Waals surface area contributed by atoms with Crippen molar-refractivity contribution < 1.29 is 14.3 Å². The van der Waals surface area contributed by atoms with Gasteiger partial charge in [-0.1, -0.05) is 13.8 Å². The second-order valence-electron chi connectivity index (χ2n) is 5.71. The molecule has 1 aliphatic rings. The highest BCUT2D eigenvalue weighted by atomic mass is 16.6. The number of rotatable bonds is 2. The van der Waals surface area contributed by atoms with Crippen molar-refractivity contribution in [1.82, 2.24) is 4.90 Å². The average molecular weight is 241 g/mol. The summed E-state index contributed by atoms with van der Waals surface area (Å²) in [4.78, 5) is 25.3. The van der Waals surface area contributed by atoms with Gasteiger partial charge in [0.1, 0.15) is 5.60 Å². The van der Waals surface area contributed by atoms with Crippen molar-refractivity contribution in [2.45, 2.75) is 65.0 Å². The van der Waals surface area contributed by atoms with Crippen LogP contribution in [0.2, 0.25) is 0 Å². The predicted molar refractivity (Wildman–Crippen MR) is 65.9 cm³/mol. The molecule has 4 heteroatoms. The topological polar surface area (TPSA) is 46.6 Å². The van der Waals surface area contributed by atoms with Crippen LogP contribution >= 0.6 is 0 Å². The van der Waals surface area contributed by atoms with Gasteiger partial charge in [-0.2, -0.15) is 0 Å². The Bertz CT molecular complexity index is 313. The molecule has 0 saturated carbocycles. The number of amides is 1. The lowest BCUT2D eigenvalue weighted by Gasteiger charge is -2.37. The Morgan fingerprint density at radius 3 is 2.29 bits per heavy atom. The number of ether oxygens (including phenoxy) is 1. The first-order chi connectivity index (χ1) is 7.74. The molecule has 0 unspecified atom stereocenters. The van der Waals surface area contributed by atoms with Crippen LogP contribution in [0.1, 0.15) is 53.9 Å². The van der Waals surface area contributed by atoms with Crippen LogP contribution in [-0.2, 0) is 9.53 Å². The van der Waals surface area contributed by atoms with Crippen LogP contribution in [0.3, 0.4) is 0 Å². The first-order valence-electron chi connectivity index (χ1n) is 6.26. The predicted octanol–water partition coefficient (Wildman–Crippen LogP) is 2.76. The molecule has 1 saturated heterocycles. The number of carbonyl (C=O) groups is 2. The monoisotopic (exact) mass is 241 g/mol. The molecule has 0 aromatic rings. The molecule has 1 amide bonds. The van der Waals surface area contributed by atoms with Crippen molar-refractivity contribution in [2.24, 2.45) is 0 Å². The van der Waals surface area contributed by atoms with Gasteiger partial charge in [0.2, 0.25) is 0 Å². The molecule has 17 heavy (non-hydrogen) atoms. The molecule has 4 nitrogen and oxygen atoms in total. The number of hydrogen-bond donors (Lipinski definition) is 0. The quantitative estimate of drug-likeness (QED) is 0.746.